The molecule has 5 atom stereocenters. The number of rotatable bonds is 1. The molecule has 6 rings (SSSR count). The second-order valence-corrected chi connectivity index (χ2v) is 9.60. The van der Waals surface area contributed by atoms with Gasteiger partial charge in [-0.3, -0.25) is 9.69 Å². The van der Waals surface area contributed by atoms with Crippen LogP contribution < -0.4 is 5.56 Å². The molecule has 0 radical (unpaired) electrons. The molecule has 1 N–H and O–H groups in total. The minimum absolute atomic E-state index is 0.0364. The standard InChI is InChI=1S/C23H28N6O/c1-14-9-10-15-13-17(22(30)24-18(15)12-14)20-21-25-26-27-29(21)23(2)16-6-3-4-8-19(23)28(20)11-5-7-16/h9-10,12-13,16,19-20H,3-8,11H2,1-2H3,(H,24,30)/t16?,19?,20-,23?/m1/s1. The summed E-state index contributed by atoms with van der Waals surface area (Å²) in [4.78, 5) is 19.0. The molecule has 1 aliphatic carbocycles. The molecule has 0 amide bonds. The Morgan fingerprint density at radius 2 is 1.97 bits per heavy atom. The van der Waals surface area contributed by atoms with Gasteiger partial charge in [-0.15, -0.1) is 5.10 Å². The van der Waals surface area contributed by atoms with Gasteiger partial charge in [0.2, 0.25) is 0 Å². The van der Waals surface area contributed by atoms with Crippen LogP contribution in [0.25, 0.3) is 10.9 Å². The van der Waals surface area contributed by atoms with E-state index in [-0.39, 0.29) is 17.1 Å². The lowest BCUT2D eigenvalue weighted by molar-refractivity contribution is -0.00645. The highest BCUT2D eigenvalue weighted by molar-refractivity contribution is 5.79. The van der Waals surface area contributed by atoms with E-state index in [0.29, 0.717) is 12.0 Å². The van der Waals surface area contributed by atoms with Crippen LogP contribution in [0.5, 0.6) is 0 Å². The van der Waals surface area contributed by atoms with Crippen LogP contribution in [-0.4, -0.2) is 42.7 Å². The largest absolute Gasteiger partial charge is 0.322 e. The molecule has 4 heterocycles. The van der Waals surface area contributed by atoms with E-state index >= 15 is 0 Å². The monoisotopic (exact) mass is 404 g/mol. The molecule has 3 aliphatic rings. The van der Waals surface area contributed by atoms with E-state index in [0.717, 1.165) is 47.2 Å². The van der Waals surface area contributed by atoms with Crippen molar-refractivity contribution in [3.05, 3.63) is 51.6 Å². The van der Waals surface area contributed by atoms with Crippen molar-refractivity contribution in [3.63, 3.8) is 0 Å². The molecule has 30 heavy (non-hydrogen) atoms. The maximum atomic E-state index is 13.3. The summed E-state index contributed by atoms with van der Waals surface area (Å²) in [7, 11) is 0. The Hall–Kier alpha value is -2.54. The number of hydrogen-bond acceptors (Lipinski definition) is 5. The number of nitrogens with zero attached hydrogens (tertiary/aromatic N) is 5. The van der Waals surface area contributed by atoms with Crippen LogP contribution in [0.4, 0.5) is 0 Å². The molecule has 2 fully saturated rings. The van der Waals surface area contributed by atoms with Gasteiger partial charge in [-0.1, -0.05) is 25.0 Å². The lowest BCUT2D eigenvalue weighted by Crippen LogP contribution is -2.60. The Labute approximate surface area is 175 Å². The lowest BCUT2D eigenvalue weighted by Gasteiger charge is -2.51. The third kappa shape index (κ3) is 2.41. The summed E-state index contributed by atoms with van der Waals surface area (Å²) in [6.07, 6.45) is 7.21. The molecular formula is C23H28N6O. The zero-order valence-corrected chi connectivity index (χ0v) is 17.6. The Morgan fingerprint density at radius 1 is 1.13 bits per heavy atom. The molecule has 3 aromatic rings. The fourth-order valence-corrected chi connectivity index (χ4v) is 6.53. The summed E-state index contributed by atoms with van der Waals surface area (Å²) in [5.74, 6) is 1.40. The first-order chi connectivity index (χ1) is 14.6. The van der Waals surface area contributed by atoms with Crippen molar-refractivity contribution in [2.24, 2.45) is 5.92 Å². The zero-order valence-electron chi connectivity index (χ0n) is 17.6. The number of fused-ring (bicyclic) bond motifs is 2. The summed E-state index contributed by atoms with van der Waals surface area (Å²) in [5.41, 5.74) is 2.63. The first kappa shape index (κ1) is 18.2. The highest BCUT2D eigenvalue weighted by atomic mass is 16.1. The molecule has 4 unspecified atom stereocenters. The van der Waals surface area contributed by atoms with Crippen molar-refractivity contribution in [1.29, 1.82) is 0 Å². The Bertz CT molecular complexity index is 1180. The van der Waals surface area contributed by atoms with Crippen molar-refractivity contribution in [2.75, 3.05) is 6.54 Å². The summed E-state index contributed by atoms with van der Waals surface area (Å²) < 4.78 is 2.10. The summed E-state index contributed by atoms with van der Waals surface area (Å²) in [5, 5.41) is 14.1. The van der Waals surface area contributed by atoms with Gasteiger partial charge in [0, 0.05) is 17.1 Å². The highest BCUT2D eigenvalue weighted by Crippen LogP contribution is 2.51. The van der Waals surface area contributed by atoms with Crippen molar-refractivity contribution in [1.82, 2.24) is 30.1 Å². The molecule has 1 saturated heterocycles. The normalized spacial score (nSPS) is 33.0. The number of aryl methyl sites for hydroxylation is 1. The Morgan fingerprint density at radius 3 is 2.87 bits per heavy atom. The van der Waals surface area contributed by atoms with E-state index in [1.165, 1.54) is 25.7 Å². The molecule has 156 valence electrons. The molecule has 1 saturated carbocycles. The predicted octanol–water partition coefficient (Wildman–Crippen LogP) is 3.30. The summed E-state index contributed by atoms with van der Waals surface area (Å²) in [6, 6.07) is 8.41. The van der Waals surface area contributed by atoms with E-state index in [2.05, 4.69) is 55.2 Å². The topological polar surface area (TPSA) is 79.7 Å². The third-order valence-electron chi connectivity index (χ3n) is 8.00. The maximum Gasteiger partial charge on any atom is 0.253 e. The number of tetrazole rings is 1. The van der Waals surface area contributed by atoms with Crippen LogP contribution in [-0.2, 0) is 5.54 Å². The molecule has 4 bridgehead atoms. The number of nitrogens with one attached hydrogen (secondary N) is 1. The SMILES string of the molecule is Cc1ccc2cc([C@@H]3c4nnnn4C4(C)C5CCCCC4N3CCC5)c(=O)[nH]c2c1. The lowest BCUT2D eigenvalue weighted by atomic mass is 9.74. The highest BCUT2D eigenvalue weighted by Gasteiger charge is 2.56. The quantitative estimate of drug-likeness (QED) is 0.673. The maximum absolute atomic E-state index is 13.3. The number of aromatic nitrogens is 5. The van der Waals surface area contributed by atoms with Gasteiger partial charge >= 0.3 is 0 Å². The first-order valence-corrected chi connectivity index (χ1v) is 11.3. The third-order valence-corrected chi connectivity index (χ3v) is 8.00. The minimum atomic E-state index is -0.204. The van der Waals surface area contributed by atoms with Gasteiger partial charge in [-0.25, -0.2) is 4.68 Å². The van der Waals surface area contributed by atoms with E-state index < -0.39 is 0 Å². The molecule has 2 aromatic heterocycles. The van der Waals surface area contributed by atoms with Crippen LogP contribution in [0.15, 0.2) is 29.1 Å². The van der Waals surface area contributed by atoms with Crippen molar-refractivity contribution >= 4 is 10.9 Å². The van der Waals surface area contributed by atoms with Crippen molar-refractivity contribution in [2.45, 2.75) is 70.0 Å². The van der Waals surface area contributed by atoms with Gasteiger partial charge in [0.1, 0.15) is 6.04 Å². The van der Waals surface area contributed by atoms with Crippen LogP contribution in [0, 0.1) is 12.8 Å². The van der Waals surface area contributed by atoms with E-state index in [9.17, 15) is 4.79 Å². The molecule has 7 nitrogen and oxygen atoms in total. The number of hydrogen-bond donors (Lipinski definition) is 1. The van der Waals surface area contributed by atoms with Crippen LogP contribution in [0.1, 0.15) is 68.4 Å². The number of pyridine rings is 1. The van der Waals surface area contributed by atoms with Crippen molar-refractivity contribution in [3.8, 4) is 0 Å². The molecular weight excluding hydrogens is 376 g/mol. The van der Waals surface area contributed by atoms with Gasteiger partial charge in [-0.2, -0.15) is 0 Å². The molecule has 2 aliphatic heterocycles. The van der Waals surface area contributed by atoms with Crippen LogP contribution in [0.2, 0.25) is 0 Å². The summed E-state index contributed by atoms with van der Waals surface area (Å²) >= 11 is 0. The summed E-state index contributed by atoms with van der Waals surface area (Å²) in [6.45, 7) is 5.39. The first-order valence-electron chi connectivity index (χ1n) is 11.3. The van der Waals surface area contributed by atoms with Gasteiger partial charge in [0.15, 0.2) is 5.82 Å². The second-order valence-electron chi connectivity index (χ2n) is 9.60. The molecule has 0 spiro atoms. The van der Waals surface area contributed by atoms with E-state index in [1.54, 1.807) is 0 Å². The zero-order chi connectivity index (χ0) is 20.5. The number of H-pyrrole nitrogens is 1. The number of benzene rings is 1. The van der Waals surface area contributed by atoms with Gasteiger partial charge in [0.05, 0.1) is 5.54 Å². The van der Waals surface area contributed by atoms with Gasteiger partial charge in [-0.05, 0) is 85.5 Å². The van der Waals surface area contributed by atoms with Crippen LogP contribution in [0.3, 0.4) is 0 Å². The Kier molecular flexibility index (Phi) is 3.94. The minimum Gasteiger partial charge on any atom is -0.322 e. The Balaban J connectivity index is 1.59. The average Bonchev–Trinajstić information content (AvgIpc) is 3.12. The van der Waals surface area contributed by atoms with E-state index in [1.807, 2.05) is 13.0 Å². The fraction of sp³-hybridized carbons (Fsp3) is 0.565. The fourth-order valence-electron chi connectivity index (χ4n) is 6.53. The predicted molar refractivity (Wildman–Crippen MR) is 114 cm³/mol. The van der Waals surface area contributed by atoms with Crippen molar-refractivity contribution < 1.29 is 0 Å². The molecule has 1 aromatic carbocycles. The van der Waals surface area contributed by atoms with E-state index in [4.69, 9.17) is 0 Å². The number of aromatic amines is 1. The smallest absolute Gasteiger partial charge is 0.253 e. The van der Waals surface area contributed by atoms with Crippen LogP contribution >= 0.6 is 0 Å². The second kappa shape index (κ2) is 6.48. The van der Waals surface area contributed by atoms with Gasteiger partial charge < -0.3 is 4.98 Å². The van der Waals surface area contributed by atoms with Gasteiger partial charge in [0.25, 0.3) is 5.56 Å². The average molecular weight is 405 g/mol. The molecule has 7 heteroatoms.